The van der Waals surface area contributed by atoms with Crippen molar-refractivity contribution in [3.05, 3.63) is 71.3 Å². The minimum Gasteiger partial charge on any atom is -0.366 e. The first-order valence-corrected chi connectivity index (χ1v) is 8.17. The molecule has 1 aromatic carbocycles. The zero-order chi connectivity index (χ0) is 17.9. The van der Waals surface area contributed by atoms with Crippen LogP contribution in [0.15, 0.2) is 55.0 Å². The first kappa shape index (κ1) is 16.0. The first-order valence-electron chi connectivity index (χ1n) is 7.79. The Morgan fingerprint density at radius 1 is 1.15 bits per heavy atom. The maximum atomic E-state index is 9.12. The number of benzene rings is 1. The van der Waals surface area contributed by atoms with Gasteiger partial charge in [-0.25, -0.2) is 15.0 Å². The Bertz CT molecular complexity index is 1100. The molecular weight excluding hydrogens is 350 g/mol. The molecule has 4 rings (SSSR count). The zero-order valence-corrected chi connectivity index (χ0v) is 14.2. The minimum absolute atomic E-state index is 0.300. The molecule has 8 heteroatoms. The van der Waals surface area contributed by atoms with Crippen molar-refractivity contribution in [2.45, 2.75) is 6.54 Å². The number of nitriles is 1. The van der Waals surface area contributed by atoms with Gasteiger partial charge in [0.25, 0.3) is 0 Å². The monoisotopic (exact) mass is 361 g/mol. The molecule has 0 bridgehead atoms. The van der Waals surface area contributed by atoms with Crippen molar-refractivity contribution < 1.29 is 0 Å². The summed E-state index contributed by atoms with van der Waals surface area (Å²) in [6.07, 6.45) is 4.91. The van der Waals surface area contributed by atoms with Gasteiger partial charge in [0, 0.05) is 30.6 Å². The number of anilines is 1. The van der Waals surface area contributed by atoms with Gasteiger partial charge in [-0.3, -0.25) is 0 Å². The molecule has 26 heavy (non-hydrogen) atoms. The molecule has 0 fully saturated rings. The smallest absolute Gasteiger partial charge is 0.176 e. The summed E-state index contributed by atoms with van der Waals surface area (Å²) in [6, 6.07) is 13.5. The van der Waals surface area contributed by atoms with Crippen molar-refractivity contribution in [2.75, 3.05) is 5.32 Å². The Morgan fingerprint density at radius 2 is 1.92 bits per heavy atom. The van der Waals surface area contributed by atoms with E-state index in [0.29, 0.717) is 34.6 Å². The number of nitrogens with zero attached hydrogens (tertiary/aromatic N) is 6. The molecule has 0 amide bonds. The molecule has 0 saturated heterocycles. The van der Waals surface area contributed by atoms with Gasteiger partial charge in [-0.1, -0.05) is 35.9 Å². The van der Waals surface area contributed by atoms with Gasteiger partial charge in [-0.05, 0) is 11.6 Å². The fraction of sp³-hybridized carbons (Fsp3) is 0.0556. The van der Waals surface area contributed by atoms with E-state index in [9.17, 15) is 0 Å². The van der Waals surface area contributed by atoms with Crippen molar-refractivity contribution >= 4 is 23.1 Å². The number of nitrogens with one attached hydrogen (secondary N) is 1. The average molecular weight is 362 g/mol. The van der Waals surface area contributed by atoms with Crippen LogP contribution < -0.4 is 5.32 Å². The van der Waals surface area contributed by atoms with E-state index < -0.39 is 0 Å². The van der Waals surface area contributed by atoms with E-state index in [2.05, 4.69) is 31.4 Å². The van der Waals surface area contributed by atoms with E-state index >= 15 is 0 Å². The first-order chi connectivity index (χ1) is 12.7. The topological polar surface area (TPSA) is 91.8 Å². The van der Waals surface area contributed by atoms with Crippen LogP contribution in [0.3, 0.4) is 0 Å². The molecule has 7 nitrogen and oxygen atoms in total. The Hall–Kier alpha value is -3.50. The molecule has 1 N–H and O–H groups in total. The maximum absolute atomic E-state index is 9.12. The van der Waals surface area contributed by atoms with Crippen LogP contribution in [-0.4, -0.2) is 24.6 Å². The van der Waals surface area contributed by atoms with E-state index in [1.165, 1.54) is 6.20 Å². The predicted octanol–water partition coefficient (Wildman–Crippen LogP) is 3.32. The van der Waals surface area contributed by atoms with Crippen molar-refractivity contribution in [3.63, 3.8) is 0 Å². The lowest BCUT2D eigenvalue weighted by molar-refractivity contribution is 0.925. The third-order valence-corrected chi connectivity index (χ3v) is 4.01. The molecule has 3 heterocycles. The van der Waals surface area contributed by atoms with Gasteiger partial charge < -0.3 is 5.32 Å². The molecule has 0 radical (unpaired) electrons. The highest BCUT2D eigenvalue weighted by Crippen LogP contribution is 2.20. The molecule has 0 aliphatic heterocycles. The highest BCUT2D eigenvalue weighted by atomic mass is 35.5. The lowest BCUT2D eigenvalue weighted by Crippen LogP contribution is -2.06. The SMILES string of the molecule is N#Cc1cnn2c(NCc3ccc(-c4ncccn4)cc3)cc(Cl)nc12. The molecule has 0 atom stereocenters. The highest BCUT2D eigenvalue weighted by molar-refractivity contribution is 6.29. The molecule has 3 aromatic heterocycles. The zero-order valence-electron chi connectivity index (χ0n) is 13.5. The number of aromatic nitrogens is 5. The number of hydrogen-bond donors (Lipinski definition) is 1. The number of hydrogen-bond acceptors (Lipinski definition) is 6. The molecule has 0 aliphatic carbocycles. The van der Waals surface area contributed by atoms with Crippen LogP contribution >= 0.6 is 11.6 Å². The number of fused-ring (bicyclic) bond motifs is 1. The summed E-state index contributed by atoms with van der Waals surface area (Å²) >= 11 is 6.06. The molecule has 0 saturated carbocycles. The Labute approximate surface area is 153 Å². The summed E-state index contributed by atoms with van der Waals surface area (Å²) in [5.41, 5.74) is 2.83. The number of rotatable bonds is 4. The van der Waals surface area contributed by atoms with Crippen LogP contribution in [0.2, 0.25) is 5.15 Å². The lowest BCUT2D eigenvalue weighted by Gasteiger charge is -2.09. The summed E-state index contributed by atoms with van der Waals surface area (Å²) in [7, 11) is 0. The van der Waals surface area contributed by atoms with Crippen molar-refractivity contribution in [1.29, 1.82) is 5.26 Å². The highest BCUT2D eigenvalue weighted by Gasteiger charge is 2.10. The van der Waals surface area contributed by atoms with Gasteiger partial charge in [0.05, 0.1) is 6.20 Å². The van der Waals surface area contributed by atoms with E-state index in [-0.39, 0.29) is 0 Å². The maximum Gasteiger partial charge on any atom is 0.176 e. The van der Waals surface area contributed by atoms with E-state index in [0.717, 1.165) is 11.1 Å². The fourth-order valence-electron chi connectivity index (χ4n) is 2.55. The molecule has 4 aromatic rings. The second-order valence-corrected chi connectivity index (χ2v) is 5.88. The number of halogens is 1. The standard InChI is InChI=1S/C18H12ClN7/c19-15-8-16(26-18(25-15)14(9-20)11-24-26)23-10-12-2-4-13(5-3-12)17-21-6-1-7-22-17/h1-8,11,23H,10H2. The van der Waals surface area contributed by atoms with Crippen molar-refractivity contribution in [3.8, 4) is 17.5 Å². The van der Waals surface area contributed by atoms with Gasteiger partial charge >= 0.3 is 0 Å². The van der Waals surface area contributed by atoms with Crippen molar-refractivity contribution in [1.82, 2.24) is 24.6 Å². The second-order valence-electron chi connectivity index (χ2n) is 5.49. The Kier molecular flexibility index (Phi) is 4.17. The van der Waals surface area contributed by atoms with Gasteiger partial charge in [0.15, 0.2) is 11.5 Å². The van der Waals surface area contributed by atoms with Crippen LogP contribution in [0.4, 0.5) is 5.82 Å². The normalized spacial score (nSPS) is 10.6. The van der Waals surface area contributed by atoms with Crippen LogP contribution in [0.5, 0.6) is 0 Å². The quantitative estimate of drug-likeness (QED) is 0.560. The summed E-state index contributed by atoms with van der Waals surface area (Å²) in [6.45, 7) is 0.563. The van der Waals surface area contributed by atoms with Crippen molar-refractivity contribution in [2.24, 2.45) is 0 Å². The van der Waals surface area contributed by atoms with Crippen LogP contribution in [0.1, 0.15) is 11.1 Å². The Balaban J connectivity index is 1.55. The minimum atomic E-state index is 0.300. The molecule has 126 valence electrons. The molecular formula is C18H12ClN7. The van der Waals surface area contributed by atoms with Gasteiger partial charge in [-0.15, -0.1) is 0 Å². The average Bonchev–Trinajstić information content (AvgIpc) is 3.10. The summed E-state index contributed by atoms with van der Waals surface area (Å²) in [5.74, 6) is 1.35. The summed E-state index contributed by atoms with van der Waals surface area (Å²) in [4.78, 5) is 12.6. The van der Waals surface area contributed by atoms with E-state index in [1.54, 1.807) is 29.0 Å². The third kappa shape index (κ3) is 3.06. The summed E-state index contributed by atoms with van der Waals surface area (Å²) < 4.78 is 1.57. The summed E-state index contributed by atoms with van der Waals surface area (Å²) in [5, 5.41) is 16.9. The molecule has 0 aliphatic rings. The van der Waals surface area contributed by atoms with Gasteiger partial charge in [0.1, 0.15) is 22.6 Å². The third-order valence-electron chi connectivity index (χ3n) is 3.81. The van der Waals surface area contributed by atoms with Gasteiger partial charge in [-0.2, -0.15) is 14.9 Å². The lowest BCUT2D eigenvalue weighted by atomic mass is 10.1. The van der Waals surface area contributed by atoms with E-state index in [1.807, 2.05) is 24.3 Å². The Morgan fingerprint density at radius 3 is 2.65 bits per heavy atom. The molecule has 0 spiro atoms. The van der Waals surface area contributed by atoms with Gasteiger partial charge in [0.2, 0.25) is 0 Å². The van der Waals surface area contributed by atoms with Crippen LogP contribution in [-0.2, 0) is 6.54 Å². The molecule has 0 unspecified atom stereocenters. The largest absolute Gasteiger partial charge is 0.366 e. The predicted molar refractivity (Wildman–Crippen MR) is 97.5 cm³/mol. The fourth-order valence-corrected chi connectivity index (χ4v) is 2.73. The van der Waals surface area contributed by atoms with E-state index in [4.69, 9.17) is 16.9 Å². The van der Waals surface area contributed by atoms with Crippen LogP contribution in [0.25, 0.3) is 17.0 Å². The second kappa shape index (κ2) is 6.78. The van der Waals surface area contributed by atoms with Crippen LogP contribution in [0, 0.1) is 11.3 Å².